The highest BCUT2D eigenvalue weighted by atomic mass is 32.1. The van der Waals surface area contributed by atoms with Crippen LogP contribution >= 0.6 is 11.3 Å². The Hall–Kier alpha value is -2.28. The number of hydrogen-bond donors (Lipinski definition) is 0. The molecule has 0 aliphatic carbocycles. The zero-order chi connectivity index (χ0) is 18.1. The van der Waals surface area contributed by atoms with Crippen LogP contribution in [0.2, 0.25) is 0 Å². The molecule has 1 aliphatic heterocycles. The van der Waals surface area contributed by atoms with E-state index in [4.69, 9.17) is 0 Å². The Morgan fingerprint density at radius 3 is 3.04 bits per heavy atom. The Kier molecular flexibility index (Phi) is 4.72. The third-order valence-electron chi connectivity index (χ3n) is 4.88. The van der Waals surface area contributed by atoms with Crippen molar-refractivity contribution in [1.29, 1.82) is 0 Å². The average molecular weight is 369 g/mol. The topological polar surface area (TPSA) is 63.4 Å². The van der Waals surface area contributed by atoms with Gasteiger partial charge in [-0.2, -0.15) is 0 Å². The molecule has 0 radical (unpaired) electrons. The van der Waals surface area contributed by atoms with E-state index in [1.54, 1.807) is 11.3 Å². The Bertz CT molecular complexity index is 915. The number of amides is 1. The molecule has 0 N–H and O–H groups in total. The van der Waals surface area contributed by atoms with Crippen LogP contribution in [-0.4, -0.2) is 43.5 Å². The van der Waals surface area contributed by atoms with Gasteiger partial charge in [0.25, 0.3) is 0 Å². The minimum Gasteiger partial charge on any atom is -0.342 e. The molecule has 4 rings (SSSR count). The van der Waals surface area contributed by atoms with E-state index >= 15 is 0 Å². The summed E-state index contributed by atoms with van der Waals surface area (Å²) < 4.78 is 2.04. The third-order valence-corrected chi connectivity index (χ3v) is 6.07. The van der Waals surface area contributed by atoms with Crippen molar-refractivity contribution < 1.29 is 4.79 Å². The largest absolute Gasteiger partial charge is 0.342 e. The number of thiazole rings is 1. The number of carbonyl (C=O) groups is 1. The zero-order valence-corrected chi connectivity index (χ0v) is 15.9. The van der Waals surface area contributed by atoms with Crippen molar-refractivity contribution in [3.8, 4) is 0 Å². The van der Waals surface area contributed by atoms with Gasteiger partial charge in [-0.1, -0.05) is 19.9 Å². The molecule has 1 amide bonds. The molecule has 3 aromatic rings. The molecule has 1 saturated heterocycles. The molecular weight excluding hydrogens is 346 g/mol. The fraction of sp³-hybridized carbons (Fsp3) is 0.474. The van der Waals surface area contributed by atoms with Crippen molar-refractivity contribution in [2.45, 2.75) is 44.9 Å². The van der Waals surface area contributed by atoms with Crippen LogP contribution in [0.1, 0.15) is 55.1 Å². The highest BCUT2D eigenvalue weighted by molar-refractivity contribution is 7.09. The second kappa shape index (κ2) is 7.15. The Balaban J connectivity index is 1.46. The van der Waals surface area contributed by atoms with Crippen molar-refractivity contribution in [3.05, 3.63) is 46.3 Å². The van der Waals surface area contributed by atoms with Gasteiger partial charge in [0.15, 0.2) is 5.65 Å². The molecule has 1 fully saturated rings. The minimum atomic E-state index is 0.157. The monoisotopic (exact) mass is 369 g/mol. The Morgan fingerprint density at radius 2 is 2.23 bits per heavy atom. The van der Waals surface area contributed by atoms with Crippen LogP contribution in [0.15, 0.2) is 29.8 Å². The summed E-state index contributed by atoms with van der Waals surface area (Å²) in [4.78, 5) is 19.3. The van der Waals surface area contributed by atoms with Gasteiger partial charge in [-0.25, -0.2) is 4.98 Å². The van der Waals surface area contributed by atoms with Gasteiger partial charge < -0.3 is 4.90 Å². The lowest BCUT2D eigenvalue weighted by Gasteiger charge is -2.32. The van der Waals surface area contributed by atoms with Crippen molar-refractivity contribution in [2.75, 3.05) is 13.1 Å². The number of rotatable bonds is 4. The second-order valence-electron chi connectivity index (χ2n) is 7.17. The summed E-state index contributed by atoms with van der Waals surface area (Å²) in [6.45, 7) is 5.77. The molecule has 1 atom stereocenters. The van der Waals surface area contributed by atoms with Gasteiger partial charge in [0.1, 0.15) is 5.82 Å². The molecule has 0 unspecified atom stereocenters. The fourth-order valence-corrected chi connectivity index (χ4v) is 4.32. The van der Waals surface area contributed by atoms with E-state index in [-0.39, 0.29) is 11.8 Å². The zero-order valence-electron chi connectivity index (χ0n) is 15.1. The summed E-state index contributed by atoms with van der Waals surface area (Å²) in [6, 6.07) is 5.90. The first-order valence-electron chi connectivity index (χ1n) is 9.13. The van der Waals surface area contributed by atoms with Crippen LogP contribution in [0.5, 0.6) is 0 Å². The summed E-state index contributed by atoms with van der Waals surface area (Å²) >= 11 is 1.64. The lowest BCUT2D eigenvalue weighted by molar-refractivity contribution is -0.131. The van der Waals surface area contributed by atoms with Gasteiger partial charge in [0, 0.05) is 36.5 Å². The van der Waals surface area contributed by atoms with E-state index in [9.17, 15) is 4.79 Å². The number of likely N-dealkylation sites (tertiary alicyclic amines) is 1. The first kappa shape index (κ1) is 17.1. The predicted octanol–water partition coefficient (Wildman–Crippen LogP) is 3.26. The van der Waals surface area contributed by atoms with E-state index < -0.39 is 0 Å². The lowest BCUT2D eigenvalue weighted by atomic mass is 9.97. The molecule has 3 aromatic heterocycles. The number of pyridine rings is 1. The highest BCUT2D eigenvalue weighted by Crippen LogP contribution is 2.27. The number of piperidine rings is 1. The molecule has 26 heavy (non-hydrogen) atoms. The van der Waals surface area contributed by atoms with Crippen LogP contribution in [0.25, 0.3) is 5.65 Å². The van der Waals surface area contributed by atoms with Crippen LogP contribution in [0, 0.1) is 0 Å². The summed E-state index contributed by atoms with van der Waals surface area (Å²) in [7, 11) is 0. The molecule has 6 nitrogen and oxygen atoms in total. The Morgan fingerprint density at radius 1 is 1.35 bits per heavy atom. The molecular formula is C19H23N5OS. The maximum absolute atomic E-state index is 12.8. The maximum Gasteiger partial charge on any atom is 0.228 e. The lowest BCUT2D eigenvalue weighted by Crippen LogP contribution is -2.40. The minimum absolute atomic E-state index is 0.157. The summed E-state index contributed by atoms with van der Waals surface area (Å²) in [5.74, 6) is 1.74. The average Bonchev–Trinajstić information content (AvgIpc) is 3.29. The second-order valence-corrected chi connectivity index (χ2v) is 8.06. The van der Waals surface area contributed by atoms with E-state index in [0.29, 0.717) is 18.9 Å². The molecule has 0 saturated carbocycles. The number of fused-ring (bicyclic) bond motifs is 1. The fourth-order valence-electron chi connectivity index (χ4n) is 3.49. The van der Waals surface area contributed by atoms with Crippen molar-refractivity contribution >= 4 is 22.9 Å². The van der Waals surface area contributed by atoms with Crippen LogP contribution in [-0.2, 0) is 11.2 Å². The van der Waals surface area contributed by atoms with E-state index in [0.717, 1.165) is 41.6 Å². The number of nitrogens with zero attached hydrogens (tertiary/aromatic N) is 5. The number of aromatic nitrogens is 4. The Labute approximate surface area is 156 Å². The van der Waals surface area contributed by atoms with E-state index in [1.807, 2.05) is 39.1 Å². The number of hydrogen-bond acceptors (Lipinski definition) is 5. The molecule has 136 valence electrons. The molecule has 1 aliphatic rings. The third kappa shape index (κ3) is 3.35. The quantitative estimate of drug-likeness (QED) is 0.708. The normalized spacial score (nSPS) is 18.0. The smallest absolute Gasteiger partial charge is 0.228 e. The molecule has 0 aromatic carbocycles. The molecule has 4 heterocycles. The van der Waals surface area contributed by atoms with Crippen molar-refractivity contribution in [1.82, 2.24) is 24.5 Å². The highest BCUT2D eigenvalue weighted by Gasteiger charge is 2.28. The van der Waals surface area contributed by atoms with Gasteiger partial charge in [-0.05, 0) is 25.0 Å². The maximum atomic E-state index is 12.8. The van der Waals surface area contributed by atoms with Crippen LogP contribution < -0.4 is 0 Å². The van der Waals surface area contributed by atoms with Crippen molar-refractivity contribution in [3.63, 3.8) is 0 Å². The van der Waals surface area contributed by atoms with Gasteiger partial charge in [-0.3, -0.25) is 9.20 Å². The van der Waals surface area contributed by atoms with E-state index in [2.05, 4.69) is 29.0 Å². The summed E-state index contributed by atoms with van der Waals surface area (Å²) in [6.07, 6.45) is 4.41. The standard InChI is InChI=1S/C19H23N5OS/c1-13(2)19-20-15(12-26-19)10-17(25)23-8-5-6-14(11-23)18-22-21-16-7-3-4-9-24(16)18/h3-4,7,9,12-14H,5-6,8,10-11H2,1-2H3/t14-/m1/s1. The molecule has 0 spiro atoms. The van der Waals surface area contributed by atoms with Gasteiger partial charge in [0.05, 0.1) is 17.1 Å². The van der Waals surface area contributed by atoms with Gasteiger partial charge in [0.2, 0.25) is 5.91 Å². The molecule has 7 heteroatoms. The van der Waals surface area contributed by atoms with Crippen LogP contribution in [0.4, 0.5) is 0 Å². The van der Waals surface area contributed by atoms with Crippen molar-refractivity contribution in [2.24, 2.45) is 0 Å². The first-order chi connectivity index (χ1) is 12.6. The molecule has 0 bridgehead atoms. The van der Waals surface area contributed by atoms with Crippen LogP contribution in [0.3, 0.4) is 0 Å². The SMILES string of the molecule is CC(C)c1nc(CC(=O)N2CCC[C@@H](c3nnc4ccccn34)C2)cs1. The first-order valence-corrected chi connectivity index (χ1v) is 10.0. The van der Waals surface area contributed by atoms with E-state index in [1.165, 1.54) is 0 Å². The summed E-state index contributed by atoms with van der Waals surface area (Å²) in [5, 5.41) is 11.7. The number of carbonyl (C=O) groups excluding carboxylic acids is 1. The van der Waals surface area contributed by atoms with Gasteiger partial charge >= 0.3 is 0 Å². The predicted molar refractivity (Wildman–Crippen MR) is 101 cm³/mol. The summed E-state index contributed by atoms with van der Waals surface area (Å²) in [5.41, 5.74) is 1.74. The van der Waals surface area contributed by atoms with Gasteiger partial charge in [-0.15, -0.1) is 21.5 Å².